The molecule has 0 spiro atoms. The average molecular weight is 208 g/mol. The molecule has 0 aromatic rings. The molecule has 0 aliphatic carbocycles. The van der Waals surface area contributed by atoms with Gasteiger partial charge in [-0.25, -0.2) is 0 Å². The first-order valence-electron chi connectivity index (χ1n) is 4.15. The number of ether oxygens (including phenoxy) is 2. The number of hydrogen-bond donors (Lipinski definition) is 0. The van der Waals surface area contributed by atoms with Gasteiger partial charge in [-0.15, -0.1) is 23.5 Å². The van der Waals surface area contributed by atoms with E-state index in [9.17, 15) is 0 Å². The lowest BCUT2D eigenvalue weighted by molar-refractivity contribution is -0.103. The number of thioether (sulfide) groups is 2. The molecule has 0 aromatic heterocycles. The summed E-state index contributed by atoms with van der Waals surface area (Å²) in [5.41, 5.74) is 0. The van der Waals surface area contributed by atoms with Gasteiger partial charge in [0.2, 0.25) is 0 Å². The standard InChI is InChI=1S/C8H16O2S2/c1-9-7(10-2)6-8-11-4-3-5-12-8/h7-8H,3-6H2,1-2H3. The summed E-state index contributed by atoms with van der Waals surface area (Å²) in [5, 5.41) is 0. The Morgan fingerprint density at radius 3 is 2.33 bits per heavy atom. The lowest BCUT2D eigenvalue weighted by Crippen LogP contribution is -2.20. The fourth-order valence-corrected chi connectivity index (χ4v) is 4.00. The van der Waals surface area contributed by atoms with Crippen LogP contribution in [0, 0.1) is 0 Å². The first-order chi connectivity index (χ1) is 5.86. The van der Waals surface area contributed by atoms with E-state index in [-0.39, 0.29) is 6.29 Å². The fourth-order valence-electron chi connectivity index (χ4n) is 1.12. The molecule has 0 bridgehead atoms. The molecule has 4 heteroatoms. The minimum absolute atomic E-state index is 0.0203. The van der Waals surface area contributed by atoms with Gasteiger partial charge >= 0.3 is 0 Å². The van der Waals surface area contributed by atoms with Crippen molar-refractivity contribution in [1.29, 1.82) is 0 Å². The second kappa shape index (κ2) is 6.13. The van der Waals surface area contributed by atoms with Gasteiger partial charge in [0, 0.05) is 20.6 Å². The van der Waals surface area contributed by atoms with Gasteiger partial charge in [0.25, 0.3) is 0 Å². The Morgan fingerprint density at radius 2 is 1.83 bits per heavy atom. The van der Waals surface area contributed by atoms with Crippen molar-refractivity contribution in [2.24, 2.45) is 0 Å². The van der Waals surface area contributed by atoms with Crippen molar-refractivity contribution in [1.82, 2.24) is 0 Å². The molecular formula is C8H16O2S2. The lowest BCUT2D eigenvalue weighted by atomic mass is 10.5. The van der Waals surface area contributed by atoms with E-state index in [0.29, 0.717) is 4.58 Å². The summed E-state index contributed by atoms with van der Waals surface area (Å²) in [6, 6.07) is 0. The van der Waals surface area contributed by atoms with Crippen LogP contribution in [0.5, 0.6) is 0 Å². The molecule has 72 valence electrons. The van der Waals surface area contributed by atoms with E-state index in [4.69, 9.17) is 9.47 Å². The van der Waals surface area contributed by atoms with Crippen molar-refractivity contribution < 1.29 is 9.47 Å². The Labute approximate surface area is 82.8 Å². The topological polar surface area (TPSA) is 18.5 Å². The molecule has 0 N–H and O–H groups in total. The molecule has 0 aromatic carbocycles. The van der Waals surface area contributed by atoms with Crippen LogP contribution in [0.15, 0.2) is 0 Å². The van der Waals surface area contributed by atoms with Crippen LogP contribution in [-0.4, -0.2) is 36.6 Å². The first-order valence-corrected chi connectivity index (χ1v) is 6.25. The maximum atomic E-state index is 5.15. The highest BCUT2D eigenvalue weighted by Crippen LogP contribution is 2.33. The monoisotopic (exact) mass is 208 g/mol. The normalized spacial score (nSPS) is 20.2. The van der Waals surface area contributed by atoms with E-state index in [1.54, 1.807) is 14.2 Å². The van der Waals surface area contributed by atoms with E-state index >= 15 is 0 Å². The van der Waals surface area contributed by atoms with Crippen LogP contribution in [0.3, 0.4) is 0 Å². The summed E-state index contributed by atoms with van der Waals surface area (Å²) < 4.78 is 11.0. The highest BCUT2D eigenvalue weighted by molar-refractivity contribution is 8.17. The van der Waals surface area contributed by atoms with E-state index in [0.717, 1.165) is 6.42 Å². The van der Waals surface area contributed by atoms with Gasteiger partial charge < -0.3 is 9.47 Å². The Balaban J connectivity index is 2.18. The summed E-state index contributed by atoms with van der Waals surface area (Å²) >= 11 is 4.05. The highest BCUT2D eigenvalue weighted by Gasteiger charge is 2.18. The average Bonchev–Trinajstić information content (AvgIpc) is 2.16. The van der Waals surface area contributed by atoms with Gasteiger partial charge in [0.1, 0.15) is 0 Å². The Bertz CT molecular complexity index is 112. The number of methoxy groups -OCH3 is 2. The molecular weight excluding hydrogens is 192 g/mol. The molecule has 0 unspecified atom stereocenters. The smallest absolute Gasteiger partial charge is 0.158 e. The maximum absolute atomic E-state index is 5.15. The van der Waals surface area contributed by atoms with Gasteiger partial charge in [-0.3, -0.25) is 0 Å². The molecule has 1 fully saturated rings. The zero-order chi connectivity index (χ0) is 8.81. The van der Waals surface area contributed by atoms with E-state index in [1.807, 2.05) is 23.5 Å². The molecule has 1 saturated heterocycles. The van der Waals surface area contributed by atoms with Gasteiger partial charge in [-0.1, -0.05) is 0 Å². The van der Waals surface area contributed by atoms with Crippen LogP contribution in [0.2, 0.25) is 0 Å². The molecule has 2 nitrogen and oxygen atoms in total. The quantitative estimate of drug-likeness (QED) is 0.659. The third-order valence-corrected chi connectivity index (χ3v) is 4.80. The summed E-state index contributed by atoms with van der Waals surface area (Å²) in [4.78, 5) is 0. The summed E-state index contributed by atoms with van der Waals surface area (Å²) in [6.45, 7) is 0. The maximum Gasteiger partial charge on any atom is 0.158 e. The van der Waals surface area contributed by atoms with Gasteiger partial charge in [-0.05, 0) is 17.9 Å². The fraction of sp³-hybridized carbons (Fsp3) is 1.00. The van der Waals surface area contributed by atoms with Crippen molar-refractivity contribution in [2.75, 3.05) is 25.7 Å². The predicted molar refractivity (Wildman–Crippen MR) is 55.7 cm³/mol. The second-order valence-corrected chi connectivity index (χ2v) is 5.58. The Morgan fingerprint density at radius 1 is 1.25 bits per heavy atom. The molecule has 1 rings (SSSR count). The second-order valence-electron chi connectivity index (χ2n) is 2.66. The van der Waals surface area contributed by atoms with E-state index in [2.05, 4.69) is 0 Å². The van der Waals surface area contributed by atoms with Crippen LogP contribution in [0.4, 0.5) is 0 Å². The Hall–Kier alpha value is 0.620. The Kier molecular flexibility index (Phi) is 5.47. The van der Waals surface area contributed by atoms with Crippen molar-refractivity contribution in [3.05, 3.63) is 0 Å². The summed E-state index contributed by atoms with van der Waals surface area (Å²) in [6.07, 6.45) is 2.33. The molecule has 0 amide bonds. The molecule has 0 saturated carbocycles. The molecule has 1 heterocycles. The lowest BCUT2D eigenvalue weighted by Gasteiger charge is -2.24. The third-order valence-electron chi connectivity index (χ3n) is 1.81. The van der Waals surface area contributed by atoms with Crippen LogP contribution in [-0.2, 0) is 9.47 Å². The van der Waals surface area contributed by atoms with Gasteiger partial charge in [0.05, 0.1) is 4.58 Å². The highest BCUT2D eigenvalue weighted by atomic mass is 32.2. The first kappa shape index (κ1) is 10.7. The third kappa shape index (κ3) is 3.56. The van der Waals surface area contributed by atoms with Crippen molar-refractivity contribution >= 4 is 23.5 Å². The van der Waals surface area contributed by atoms with Crippen molar-refractivity contribution in [3.63, 3.8) is 0 Å². The zero-order valence-corrected chi connectivity index (χ0v) is 9.25. The number of rotatable bonds is 4. The minimum Gasteiger partial charge on any atom is -0.356 e. The van der Waals surface area contributed by atoms with Gasteiger partial charge in [-0.2, -0.15) is 0 Å². The summed E-state index contributed by atoms with van der Waals surface area (Å²) in [7, 11) is 3.40. The molecule has 12 heavy (non-hydrogen) atoms. The molecule has 0 radical (unpaired) electrons. The zero-order valence-electron chi connectivity index (χ0n) is 7.62. The summed E-state index contributed by atoms with van der Waals surface area (Å²) in [5.74, 6) is 2.58. The predicted octanol–water partition coefficient (Wildman–Crippen LogP) is 2.19. The van der Waals surface area contributed by atoms with Crippen LogP contribution < -0.4 is 0 Å². The minimum atomic E-state index is -0.0203. The molecule has 1 aliphatic heterocycles. The van der Waals surface area contributed by atoms with Crippen molar-refractivity contribution in [3.8, 4) is 0 Å². The number of hydrogen-bond acceptors (Lipinski definition) is 4. The largest absolute Gasteiger partial charge is 0.356 e. The SMILES string of the molecule is COC(CC1SCCCS1)OC. The van der Waals surface area contributed by atoms with Gasteiger partial charge in [0.15, 0.2) is 6.29 Å². The molecule has 0 atom stereocenters. The van der Waals surface area contributed by atoms with Crippen LogP contribution in [0.25, 0.3) is 0 Å². The van der Waals surface area contributed by atoms with E-state index < -0.39 is 0 Å². The molecule has 1 aliphatic rings. The van der Waals surface area contributed by atoms with Crippen LogP contribution >= 0.6 is 23.5 Å². The van der Waals surface area contributed by atoms with Crippen LogP contribution in [0.1, 0.15) is 12.8 Å². The van der Waals surface area contributed by atoms with E-state index in [1.165, 1.54) is 17.9 Å². The van der Waals surface area contributed by atoms with Crippen molar-refractivity contribution in [2.45, 2.75) is 23.7 Å².